The van der Waals surface area contributed by atoms with Crippen molar-refractivity contribution in [3.05, 3.63) is 52.0 Å². The van der Waals surface area contributed by atoms with Crippen LogP contribution in [0.3, 0.4) is 0 Å². The SMILES string of the molecule is Cc1cc(Br)ccc1S(=O)(=O)Nc1ccc2c(c1)C(C)(C)C(=O)N2. The maximum Gasteiger partial charge on any atom is 0.262 e. The molecule has 3 rings (SSSR count). The molecule has 1 heterocycles. The van der Waals surface area contributed by atoms with Crippen LogP contribution in [0.2, 0.25) is 0 Å². The number of amides is 1. The molecule has 0 atom stereocenters. The number of nitrogens with one attached hydrogen (secondary N) is 2. The van der Waals surface area contributed by atoms with Crippen LogP contribution >= 0.6 is 15.9 Å². The summed E-state index contributed by atoms with van der Waals surface area (Å²) >= 11 is 3.33. The maximum absolute atomic E-state index is 12.7. The lowest BCUT2D eigenvalue weighted by Crippen LogP contribution is -2.27. The van der Waals surface area contributed by atoms with Crippen LogP contribution in [0.1, 0.15) is 25.0 Å². The van der Waals surface area contributed by atoms with Crippen LogP contribution in [0.4, 0.5) is 11.4 Å². The van der Waals surface area contributed by atoms with E-state index in [0.29, 0.717) is 16.9 Å². The average Bonchev–Trinajstić information content (AvgIpc) is 2.69. The monoisotopic (exact) mass is 408 g/mol. The van der Waals surface area contributed by atoms with Gasteiger partial charge in [0.2, 0.25) is 5.91 Å². The number of carbonyl (C=O) groups excluding carboxylic acids is 1. The van der Waals surface area contributed by atoms with E-state index in [1.54, 1.807) is 43.3 Å². The number of carbonyl (C=O) groups is 1. The molecule has 0 fully saturated rings. The van der Waals surface area contributed by atoms with Crippen molar-refractivity contribution in [2.24, 2.45) is 0 Å². The van der Waals surface area contributed by atoms with Crippen LogP contribution in [0.5, 0.6) is 0 Å². The van der Waals surface area contributed by atoms with Crippen molar-refractivity contribution in [2.45, 2.75) is 31.1 Å². The second-order valence-electron chi connectivity index (χ2n) is 6.35. The molecular weight excluding hydrogens is 392 g/mol. The summed E-state index contributed by atoms with van der Waals surface area (Å²) in [5.74, 6) is -0.0961. The van der Waals surface area contributed by atoms with Gasteiger partial charge in [0.1, 0.15) is 0 Å². The number of fused-ring (bicyclic) bond motifs is 1. The first-order valence-corrected chi connectivity index (χ1v) is 9.64. The fourth-order valence-electron chi connectivity index (χ4n) is 2.76. The molecule has 0 unspecified atom stereocenters. The molecule has 5 nitrogen and oxygen atoms in total. The number of halogens is 1. The van der Waals surface area contributed by atoms with Crippen LogP contribution in [0, 0.1) is 6.92 Å². The number of hydrogen-bond acceptors (Lipinski definition) is 3. The molecule has 0 saturated carbocycles. The largest absolute Gasteiger partial charge is 0.325 e. The van der Waals surface area contributed by atoms with Crippen molar-refractivity contribution in [1.29, 1.82) is 0 Å². The van der Waals surface area contributed by atoms with E-state index in [-0.39, 0.29) is 10.8 Å². The van der Waals surface area contributed by atoms with E-state index in [9.17, 15) is 13.2 Å². The average molecular weight is 409 g/mol. The van der Waals surface area contributed by atoms with E-state index in [4.69, 9.17) is 0 Å². The summed E-state index contributed by atoms with van der Waals surface area (Å²) in [6.45, 7) is 5.37. The van der Waals surface area contributed by atoms with Crippen LogP contribution in [-0.2, 0) is 20.2 Å². The van der Waals surface area contributed by atoms with E-state index in [2.05, 4.69) is 26.0 Å². The highest BCUT2D eigenvalue weighted by molar-refractivity contribution is 9.10. The van der Waals surface area contributed by atoms with Crippen molar-refractivity contribution in [3.63, 3.8) is 0 Å². The van der Waals surface area contributed by atoms with Crippen molar-refractivity contribution in [2.75, 3.05) is 10.0 Å². The van der Waals surface area contributed by atoms with Gasteiger partial charge in [0.05, 0.1) is 10.3 Å². The third-order valence-corrected chi connectivity index (χ3v) is 6.22. The molecule has 24 heavy (non-hydrogen) atoms. The summed E-state index contributed by atoms with van der Waals surface area (Å²) < 4.78 is 28.7. The first-order valence-electron chi connectivity index (χ1n) is 7.36. The number of rotatable bonds is 3. The Morgan fingerprint density at radius 1 is 1.12 bits per heavy atom. The van der Waals surface area contributed by atoms with E-state index < -0.39 is 15.4 Å². The number of benzene rings is 2. The van der Waals surface area contributed by atoms with Crippen LogP contribution < -0.4 is 10.0 Å². The number of anilines is 2. The van der Waals surface area contributed by atoms with Crippen molar-refractivity contribution < 1.29 is 13.2 Å². The van der Waals surface area contributed by atoms with Gasteiger partial charge in [-0.25, -0.2) is 8.42 Å². The zero-order valence-corrected chi connectivity index (χ0v) is 15.9. The van der Waals surface area contributed by atoms with Gasteiger partial charge in [-0.1, -0.05) is 15.9 Å². The standard InChI is InChI=1S/C17H17BrN2O3S/c1-10-8-11(18)4-7-15(10)24(22,23)20-12-5-6-14-13(9-12)17(2,3)16(21)19-14/h4-9,20H,1-3H3,(H,19,21). The molecule has 0 aliphatic carbocycles. The quantitative estimate of drug-likeness (QED) is 0.810. The molecular formula is C17H17BrN2O3S. The highest BCUT2D eigenvalue weighted by Gasteiger charge is 2.38. The first-order chi connectivity index (χ1) is 11.1. The van der Waals surface area contributed by atoms with Gasteiger partial charge >= 0.3 is 0 Å². The minimum atomic E-state index is -3.71. The van der Waals surface area contributed by atoms with Crippen molar-refractivity contribution >= 4 is 43.2 Å². The number of aryl methyl sites for hydroxylation is 1. The van der Waals surface area contributed by atoms with Crippen molar-refractivity contribution in [1.82, 2.24) is 0 Å². The van der Waals surface area contributed by atoms with E-state index in [0.717, 1.165) is 10.0 Å². The Morgan fingerprint density at radius 2 is 1.83 bits per heavy atom. The van der Waals surface area contributed by atoms with E-state index >= 15 is 0 Å². The van der Waals surface area contributed by atoms with Crippen LogP contribution in [0.25, 0.3) is 0 Å². The Hall–Kier alpha value is -1.86. The van der Waals surface area contributed by atoms with Gasteiger partial charge in [0.15, 0.2) is 0 Å². The Balaban J connectivity index is 1.98. The predicted molar refractivity (Wildman–Crippen MR) is 97.8 cm³/mol. The number of sulfonamides is 1. The number of hydrogen-bond donors (Lipinski definition) is 2. The zero-order chi connectivity index (χ0) is 17.7. The smallest absolute Gasteiger partial charge is 0.262 e. The summed E-state index contributed by atoms with van der Waals surface area (Å²) in [4.78, 5) is 12.2. The summed E-state index contributed by atoms with van der Waals surface area (Å²) in [6, 6.07) is 10.1. The summed E-state index contributed by atoms with van der Waals surface area (Å²) in [5, 5.41) is 2.80. The molecule has 0 radical (unpaired) electrons. The zero-order valence-electron chi connectivity index (χ0n) is 13.5. The van der Waals surface area contributed by atoms with Crippen LogP contribution in [-0.4, -0.2) is 14.3 Å². The molecule has 126 valence electrons. The lowest BCUT2D eigenvalue weighted by molar-refractivity contribution is -0.119. The second kappa shape index (κ2) is 5.60. The maximum atomic E-state index is 12.7. The molecule has 2 aromatic carbocycles. The third-order valence-electron chi connectivity index (χ3n) is 4.19. The molecule has 0 bridgehead atoms. The minimum Gasteiger partial charge on any atom is -0.325 e. The van der Waals surface area contributed by atoms with Crippen molar-refractivity contribution in [3.8, 4) is 0 Å². The van der Waals surface area contributed by atoms with Gasteiger partial charge in [0, 0.05) is 15.8 Å². The summed E-state index contributed by atoms with van der Waals surface area (Å²) in [7, 11) is -3.71. The lowest BCUT2D eigenvalue weighted by Gasteiger charge is -2.16. The second-order valence-corrected chi connectivity index (χ2v) is 8.92. The third kappa shape index (κ3) is 2.82. The van der Waals surface area contributed by atoms with Gasteiger partial charge in [-0.2, -0.15) is 0 Å². The van der Waals surface area contributed by atoms with Crippen LogP contribution in [0.15, 0.2) is 45.8 Å². The molecule has 7 heteroatoms. The Kier molecular flexibility index (Phi) is 3.96. The molecule has 1 amide bonds. The molecule has 0 spiro atoms. The molecule has 2 N–H and O–H groups in total. The topological polar surface area (TPSA) is 75.3 Å². The predicted octanol–water partition coefficient (Wildman–Crippen LogP) is 3.79. The van der Waals surface area contributed by atoms with E-state index in [1.165, 1.54) is 0 Å². The molecule has 0 saturated heterocycles. The Labute approximate surface area is 149 Å². The summed E-state index contributed by atoms with van der Waals surface area (Å²) in [5.41, 5.74) is 1.88. The molecule has 1 aliphatic rings. The van der Waals surface area contributed by atoms with Gasteiger partial charge in [-0.15, -0.1) is 0 Å². The van der Waals surface area contributed by atoms with Gasteiger partial charge in [0.25, 0.3) is 10.0 Å². The molecule has 1 aliphatic heterocycles. The molecule has 2 aromatic rings. The van der Waals surface area contributed by atoms with Gasteiger partial charge in [-0.05, 0) is 68.3 Å². The van der Waals surface area contributed by atoms with E-state index in [1.807, 2.05) is 13.8 Å². The Morgan fingerprint density at radius 3 is 2.50 bits per heavy atom. The normalized spacial score (nSPS) is 15.8. The van der Waals surface area contributed by atoms with Gasteiger partial charge in [-0.3, -0.25) is 9.52 Å². The lowest BCUT2D eigenvalue weighted by atomic mass is 9.86. The molecule has 0 aromatic heterocycles. The van der Waals surface area contributed by atoms with Gasteiger partial charge < -0.3 is 5.32 Å². The first kappa shape index (κ1) is 17.0. The summed E-state index contributed by atoms with van der Waals surface area (Å²) in [6.07, 6.45) is 0. The highest BCUT2D eigenvalue weighted by Crippen LogP contribution is 2.39. The fourth-order valence-corrected chi connectivity index (χ4v) is 4.51. The fraction of sp³-hybridized carbons (Fsp3) is 0.235. The Bertz CT molecular complexity index is 952. The minimum absolute atomic E-state index is 0.0961. The highest BCUT2D eigenvalue weighted by atomic mass is 79.9.